The minimum absolute atomic E-state index is 0.0967. The molecule has 12 heavy (non-hydrogen) atoms. The first kappa shape index (κ1) is 10.1. The predicted octanol–water partition coefficient (Wildman–Crippen LogP) is 3.85. The molecule has 1 rings (SSSR count). The van der Waals surface area contributed by atoms with Crippen molar-refractivity contribution in [1.82, 2.24) is 4.98 Å². The van der Waals surface area contributed by atoms with E-state index in [4.69, 9.17) is 0 Å². The summed E-state index contributed by atoms with van der Waals surface area (Å²) >= 11 is 6.03. The molecule has 5 heteroatoms. The Morgan fingerprint density at radius 3 is 2.42 bits per heavy atom. The molecule has 0 aliphatic rings. The first-order chi connectivity index (χ1) is 5.52. The molecule has 0 aliphatic heterocycles. The van der Waals surface area contributed by atoms with Crippen LogP contribution in [0, 0.1) is 6.92 Å². The van der Waals surface area contributed by atoms with E-state index in [2.05, 4.69) is 36.8 Å². The van der Waals surface area contributed by atoms with Crippen molar-refractivity contribution in [3.8, 4) is 0 Å². The van der Waals surface area contributed by atoms with Gasteiger partial charge in [0.05, 0.1) is 5.56 Å². The van der Waals surface area contributed by atoms with E-state index < -0.39 is 6.43 Å². The monoisotopic (exact) mass is 299 g/mol. The van der Waals surface area contributed by atoms with Gasteiger partial charge in [0.2, 0.25) is 0 Å². The molecule has 0 saturated heterocycles. The summed E-state index contributed by atoms with van der Waals surface area (Å²) in [5.41, 5.74) is 0.596. The molecule has 66 valence electrons. The number of aryl methyl sites for hydroxylation is 1. The third-order valence-electron chi connectivity index (χ3n) is 1.31. The summed E-state index contributed by atoms with van der Waals surface area (Å²) in [6.45, 7) is 1.74. The van der Waals surface area contributed by atoms with Gasteiger partial charge in [-0.2, -0.15) is 0 Å². The number of pyridine rings is 1. The van der Waals surface area contributed by atoms with Crippen molar-refractivity contribution in [1.29, 1.82) is 0 Å². The average Bonchev–Trinajstić information content (AvgIpc) is 1.82. The van der Waals surface area contributed by atoms with Gasteiger partial charge in [0.1, 0.15) is 4.60 Å². The highest BCUT2D eigenvalue weighted by Crippen LogP contribution is 2.32. The molecule has 0 atom stereocenters. The van der Waals surface area contributed by atoms with Crippen molar-refractivity contribution in [2.75, 3.05) is 0 Å². The molecule has 0 saturated carbocycles. The number of hydrogen-bond donors (Lipinski definition) is 0. The number of hydrogen-bond acceptors (Lipinski definition) is 1. The third kappa shape index (κ3) is 2.01. The molecule has 0 amide bonds. The quantitative estimate of drug-likeness (QED) is 0.718. The maximum atomic E-state index is 12.3. The molecule has 0 unspecified atom stereocenters. The summed E-state index contributed by atoms with van der Waals surface area (Å²) in [5, 5.41) is 0. The van der Waals surface area contributed by atoms with E-state index in [0.29, 0.717) is 10.2 Å². The maximum absolute atomic E-state index is 12.3. The minimum atomic E-state index is -2.51. The molecule has 1 heterocycles. The molecule has 0 aromatic carbocycles. The molecule has 0 N–H and O–H groups in total. The van der Waals surface area contributed by atoms with Crippen LogP contribution in [0.5, 0.6) is 0 Å². The Morgan fingerprint density at radius 2 is 2.00 bits per heavy atom. The fourth-order valence-electron chi connectivity index (χ4n) is 0.801. The SMILES string of the molecule is Cc1cc(Br)c(C(F)F)c(Br)n1. The Labute approximate surface area is 85.4 Å². The van der Waals surface area contributed by atoms with Gasteiger partial charge in [-0.3, -0.25) is 0 Å². The van der Waals surface area contributed by atoms with Gasteiger partial charge in [-0.05, 0) is 28.9 Å². The highest BCUT2D eigenvalue weighted by atomic mass is 79.9. The first-order valence-corrected chi connectivity index (χ1v) is 4.71. The van der Waals surface area contributed by atoms with Gasteiger partial charge in [-0.1, -0.05) is 15.9 Å². The van der Waals surface area contributed by atoms with E-state index in [1.807, 2.05) is 0 Å². The average molecular weight is 301 g/mol. The summed E-state index contributed by atoms with van der Waals surface area (Å²) in [6.07, 6.45) is -2.51. The lowest BCUT2D eigenvalue weighted by Crippen LogP contribution is -1.93. The summed E-state index contributed by atoms with van der Waals surface area (Å²) in [4.78, 5) is 3.86. The Balaban J connectivity index is 3.28. The van der Waals surface area contributed by atoms with Crippen LogP contribution in [0.1, 0.15) is 17.7 Å². The second kappa shape index (κ2) is 3.79. The van der Waals surface area contributed by atoms with E-state index in [1.54, 1.807) is 13.0 Å². The zero-order valence-electron chi connectivity index (χ0n) is 6.11. The van der Waals surface area contributed by atoms with Gasteiger partial charge in [0.25, 0.3) is 6.43 Å². The number of rotatable bonds is 1. The van der Waals surface area contributed by atoms with Gasteiger partial charge >= 0.3 is 0 Å². The molecule has 0 bridgehead atoms. The largest absolute Gasteiger partial charge is 0.267 e. The molecule has 0 radical (unpaired) electrons. The van der Waals surface area contributed by atoms with Crippen LogP contribution in [0.15, 0.2) is 15.1 Å². The standard InChI is InChI=1S/C7H5Br2F2N/c1-3-2-4(8)5(7(10)11)6(9)12-3/h2,7H,1H3. The highest BCUT2D eigenvalue weighted by molar-refractivity contribution is 9.11. The van der Waals surface area contributed by atoms with Gasteiger partial charge in [-0.25, -0.2) is 13.8 Å². The third-order valence-corrected chi connectivity index (χ3v) is 2.57. The van der Waals surface area contributed by atoms with Crippen LogP contribution in [0.3, 0.4) is 0 Å². The van der Waals surface area contributed by atoms with E-state index in [-0.39, 0.29) is 10.2 Å². The zero-order chi connectivity index (χ0) is 9.30. The molecular formula is C7H5Br2F2N. The topological polar surface area (TPSA) is 12.9 Å². The second-order valence-electron chi connectivity index (χ2n) is 2.25. The molecule has 1 aromatic heterocycles. The smallest absolute Gasteiger partial charge is 0.246 e. The lowest BCUT2D eigenvalue weighted by Gasteiger charge is -2.05. The van der Waals surface area contributed by atoms with Crippen molar-refractivity contribution < 1.29 is 8.78 Å². The highest BCUT2D eigenvalue weighted by Gasteiger charge is 2.16. The van der Waals surface area contributed by atoms with Crippen LogP contribution >= 0.6 is 31.9 Å². The summed E-state index contributed by atoms with van der Waals surface area (Å²) < 4.78 is 25.2. The molecule has 1 aromatic rings. The van der Waals surface area contributed by atoms with Crippen LogP contribution in [0.2, 0.25) is 0 Å². The molecular weight excluding hydrogens is 296 g/mol. The fraction of sp³-hybridized carbons (Fsp3) is 0.286. The number of halogens is 4. The summed E-state index contributed by atoms with van der Waals surface area (Å²) in [7, 11) is 0. The lowest BCUT2D eigenvalue weighted by molar-refractivity contribution is 0.149. The van der Waals surface area contributed by atoms with Crippen LogP contribution < -0.4 is 0 Å². The van der Waals surface area contributed by atoms with E-state index in [1.165, 1.54) is 0 Å². The number of alkyl halides is 2. The van der Waals surface area contributed by atoms with Crippen LogP contribution in [-0.4, -0.2) is 4.98 Å². The first-order valence-electron chi connectivity index (χ1n) is 3.13. The number of aromatic nitrogens is 1. The minimum Gasteiger partial charge on any atom is -0.246 e. The fourth-order valence-corrected chi connectivity index (χ4v) is 2.43. The van der Waals surface area contributed by atoms with Crippen LogP contribution in [-0.2, 0) is 0 Å². The van der Waals surface area contributed by atoms with Crippen LogP contribution in [0.4, 0.5) is 8.78 Å². The van der Waals surface area contributed by atoms with E-state index in [0.717, 1.165) is 0 Å². The maximum Gasteiger partial charge on any atom is 0.267 e. The van der Waals surface area contributed by atoms with E-state index >= 15 is 0 Å². The summed E-state index contributed by atoms with van der Waals surface area (Å²) in [6, 6.07) is 1.56. The Morgan fingerprint density at radius 1 is 1.42 bits per heavy atom. The van der Waals surface area contributed by atoms with Crippen molar-refractivity contribution in [3.63, 3.8) is 0 Å². The molecule has 1 nitrogen and oxygen atoms in total. The Kier molecular flexibility index (Phi) is 3.17. The van der Waals surface area contributed by atoms with Gasteiger partial charge in [0, 0.05) is 10.2 Å². The lowest BCUT2D eigenvalue weighted by atomic mass is 10.3. The Hall–Kier alpha value is -0.0300. The van der Waals surface area contributed by atoms with Gasteiger partial charge < -0.3 is 0 Å². The van der Waals surface area contributed by atoms with Crippen molar-refractivity contribution in [2.45, 2.75) is 13.3 Å². The summed E-state index contributed by atoms with van der Waals surface area (Å²) in [5.74, 6) is 0. The van der Waals surface area contributed by atoms with E-state index in [9.17, 15) is 8.78 Å². The second-order valence-corrected chi connectivity index (χ2v) is 3.86. The zero-order valence-corrected chi connectivity index (χ0v) is 9.29. The molecule has 0 fully saturated rings. The Bertz CT molecular complexity index is 278. The van der Waals surface area contributed by atoms with Crippen molar-refractivity contribution >= 4 is 31.9 Å². The predicted molar refractivity (Wildman–Crippen MR) is 49.3 cm³/mol. The number of nitrogens with zero attached hydrogens (tertiary/aromatic N) is 1. The van der Waals surface area contributed by atoms with Crippen molar-refractivity contribution in [3.05, 3.63) is 26.4 Å². The normalized spacial score (nSPS) is 10.8. The molecule has 0 spiro atoms. The van der Waals surface area contributed by atoms with Crippen molar-refractivity contribution in [2.24, 2.45) is 0 Å². The van der Waals surface area contributed by atoms with Gasteiger partial charge in [0.15, 0.2) is 0 Å². The van der Waals surface area contributed by atoms with Gasteiger partial charge in [-0.15, -0.1) is 0 Å². The molecule has 0 aliphatic carbocycles. The van der Waals surface area contributed by atoms with Crippen LogP contribution in [0.25, 0.3) is 0 Å².